The van der Waals surface area contributed by atoms with Crippen molar-refractivity contribution in [3.63, 3.8) is 0 Å². The Hall–Kier alpha value is -0.850. The van der Waals surface area contributed by atoms with Crippen LogP contribution < -0.4 is 10.5 Å². The van der Waals surface area contributed by atoms with Crippen LogP contribution in [0.1, 0.15) is 52.0 Å². The number of nitrogens with one attached hydrogen (secondary N) is 1. The van der Waals surface area contributed by atoms with Gasteiger partial charge in [-0.1, -0.05) is 0 Å². The molecule has 0 spiro atoms. The summed E-state index contributed by atoms with van der Waals surface area (Å²) in [7, 11) is -3.46. The van der Waals surface area contributed by atoms with Gasteiger partial charge in [0.25, 0.3) is 0 Å². The number of piperidine rings is 1. The monoisotopic (exact) mass is 495 g/mol. The number of fused-ring (bicyclic) bond motifs is 2. The quantitative estimate of drug-likeness (QED) is 0.427. The van der Waals surface area contributed by atoms with Gasteiger partial charge in [-0.3, -0.25) is 0 Å². The highest BCUT2D eigenvalue weighted by atomic mass is 32.2. The lowest BCUT2D eigenvalue weighted by Crippen LogP contribution is -2.54. The van der Waals surface area contributed by atoms with Crippen LogP contribution >= 0.6 is 0 Å². The van der Waals surface area contributed by atoms with Gasteiger partial charge in [0.05, 0.1) is 11.8 Å². The molecule has 6 nitrogen and oxygen atoms in total. The molecule has 2 fully saturated rings. The first kappa shape index (κ1) is 25.8. The number of hydrogen-bond acceptors (Lipinski definition) is 5. The summed E-state index contributed by atoms with van der Waals surface area (Å²) < 4.78 is 83.9. The molecule has 0 aliphatic carbocycles. The third-order valence-corrected chi connectivity index (χ3v) is 9.93. The Balaban J connectivity index is 1.86. The fourth-order valence-electron chi connectivity index (χ4n) is 4.79. The van der Waals surface area contributed by atoms with E-state index in [0.29, 0.717) is 18.9 Å². The number of benzene rings is 1. The molecule has 182 valence electrons. The fourth-order valence-corrected chi connectivity index (χ4v) is 7.49. The minimum absolute atomic E-state index is 0.00200. The summed E-state index contributed by atoms with van der Waals surface area (Å²) in [6.07, 6.45) is 2.50. The largest absolute Gasteiger partial charge is 0.598 e. The Morgan fingerprint density at radius 2 is 1.72 bits per heavy atom. The summed E-state index contributed by atoms with van der Waals surface area (Å²) in [5.74, 6) is -3.47. The Morgan fingerprint density at radius 1 is 1.16 bits per heavy atom. The van der Waals surface area contributed by atoms with E-state index in [1.54, 1.807) is 25.1 Å². The van der Waals surface area contributed by atoms with Crippen molar-refractivity contribution in [1.82, 2.24) is 9.03 Å². The van der Waals surface area contributed by atoms with E-state index in [0.717, 1.165) is 18.9 Å². The second kappa shape index (κ2) is 9.79. The van der Waals surface area contributed by atoms with E-state index in [1.165, 1.54) is 0 Å². The van der Waals surface area contributed by atoms with Crippen molar-refractivity contribution in [3.8, 4) is 0 Å². The number of nitrogens with two attached hydrogens (primary N) is 1. The van der Waals surface area contributed by atoms with Crippen molar-refractivity contribution in [2.45, 2.75) is 75.7 Å². The molecule has 3 rings (SSSR count). The summed E-state index contributed by atoms with van der Waals surface area (Å²) >= 11 is -1.48. The zero-order chi connectivity index (χ0) is 23.8. The van der Waals surface area contributed by atoms with E-state index in [2.05, 4.69) is 4.72 Å². The predicted octanol–water partition coefficient (Wildman–Crippen LogP) is 2.60. The molecule has 3 N–H and O–H groups in total. The Labute approximate surface area is 191 Å². The van der Waals surface area contributed by atoms with E-state index < -0.39 is 49.6 Å². The van der Waals surface area contributed by atoms with Crippen molar-refractivity contribution in [2.75, 3.05) is 12.3 Å². The van der Waals surface area contributed by atoms with Gasteiger partial charge in [0.1, 0.15) is 10.6 Å². The average molecular weight is 496 g/mol. The van der Waals surface area contributed by atoms with Crippen LogP contribution in [0, 0.1) is 23.4 Å². The van der Waals surface area contributed by atoms with Crippen LogP contribution in [0.5, 0.6) is 0 Å². The highest BCUT2D eigenvalue weighted by Gasteiger charge is 2.48. The first-order valence-corrected chi connectivity index (χ1v) is 13.6. The fraction of sp³-hybridized carbons (Fsp3) is 0.714. The zero-order valence-electron chi connectivity index (χ0n) is 18.6. The predicted molar refractivity (Wildman–Crippen MR) is 119 cm³/mol. The lowest BCUT2D eigenvalue weighted by molar-refractivity contribution is 0.165. The van der Waals surface area contributed by atoms with Gasteiger partial charge in [-0.15, -0.1) is 4.72 Å². The number of rotatable bonds is 8. The summed E-state index contributed by atoms with van der Waals surface area (Å²) in [5.41, 5.74) is 5.48. The second-order valence-corrected chi connectivity index (χ2v) is 13.7. The first-order valence-electron chi connectivity index (χ1n) is 10.9. The summed E-state index contributed by atoms with van der Waals surface area (Å²) in [6.45, 7) is 5.46. The Kier molecular flexibility index (Phi) is 7.88. The van der Waals surface area contributed by atoms with Crippen molar-refractivity contribution in [2.24, 2.45) is 11.7 Å². The van der Waals surface area contributed by atoms with E-state index in [9.17, 15) is 26.1 Å². The van der Waals surface area contributed by atoms with E-state index in [1.807, 2.05) is 0 Å². The van der Waals surface area contributed by atoms with Gasteiger partial charge < -0.3 is 10.3 Å². The number of halogens is 3. The van der Waals surface area contributed by atoms with Gasteiger partial charge in [0.15, 0.2) is 11.6 Å². The molecular weight excluding hydrogens is 463 g/mol. The normalized spacial score (nSPS) is 26.3. The smallest absolute Gasteiger partial charge is 0.215 e. The van der Waals surface area contributed by atoms with Gasteiger partial charge in [-0.25, -0.2) is 21.6 Å². The number of nitrogens with zero attached hydrogens (tertiary/aromatic N) is 1. The van der Waals surface area contributed by atoms with Crippen LogP contribution in [0.15, 0.2) is 12.1 Å². The molecule has 2 heterocycles. The zero-order valence-corrected chi connectivity index (χ0v) is 20.2. The molecule has 0 aromatic heterocycles. The molecule has 2 aliphatic heterocycles. The molecule has 2 aliphatic rings. The third kappa shape index (κ3) is 5.61. The number of hydrogen-bond donors (Lipinski definition) is 2. The maximum Gasteiger partial charge on any atom is 0.215 e. The summed E-state index contributed by atoms with van der Waals surface area (Å²) in [4.78, 5) is 0. The summed E-state index contributed by atoms with van der Waals surface area (Å²) in [5, 5.41) is 0. The topological polar surface area (TPSA) is 98.5 Å². The average Bonchev–Trinajstić information content (AvgIpc) is 2.96. The van der Waals surface area contributed by atoms with Crippen LogP contribution in [-0.2, 0) is 27.8 Å². The molecule has 4 atom stereocenters. The van der Waals surface area contributed by atoms with Gasteiger partial charge in [-0.2, -0.15) is 4.31 Å². The SMILES string of the molecule is CC(C)(C)[S+]([O-])N[C@H](Cc1cc(F)c(F)cc1F)C1CC2CCC(C1)N2S(=O)(=O)CCN. The number of sulfonamides is 1. The van der Waals surface area contributed by atoms with Gasteiger partial charge in [0.2, 0.25) is 10.0 Å². The van der Waals surface area contributed by atoms with Gasteiger partial charge >= 0.3 is 0 Å². The molecule has 1 aromatic carbocycles. The molecule has 1 aromatic rings. The van der Waals surface area contributed by atoms with Gasteiger partial charge in [-0.05, 0) is 70.4 Å². The Morgan fingerprint density at radius 3 is 2.25 bits per heavy atom. The lowest BCUT2D eigenvalue weighted by Gasteiger charge is -2.41. The van der Waals surface area contributed by atoms with Crippen LogP contribution in [0.2, 0.25) is 0 Å². The van der Waals surface area contributed by atoms with Gasteiger partial charge in [0, 0.05) is 36.1 Å². The summed E-state index contributed by atoms with van der Waals surface area (Å²) in [6, 6.07) is 0.481. The first-order chi connectivity index (χ1) is 14.8. The molecule has 11 heteroatoms. The third-order valence-electron chi connectivity index (χ3n) is 6.31. The molecule has 32 heavy (non-hydrogen) atoms. The highest BCUT2D eigenvalue weighted by Crippen LogP contribution is 2.42. The van der Waals surface area contributed by atoms with Crippen molar-refractivity contribution in [3.05, 3.63) is 35.1 Å². The maximum atomic E-state index is 14.4. The van der Waals surface area contributed by atoms with E-state index >= 15 is 0 Å². The highest BCUT2D eigenvalue weighted by molar-refractivity contribution is 7.90. The molecule has 0 radical (unpaired) electrons. The molecule has 0 saturated carbocycles. The van der Waals surface area contributed by atoms with Crippen LogP contribution in [-0.4, -0.2) is 52.4 Å². The van der Waals surface area contributed by atoms with E-state index in [-0.39, 0.29) is 42.3 Å². The second-order valence-electron chi connectivity index (χ2n) is 9.72. The van der Waals surface area contributed by atoms with Crippen LogP contribution in [0.3, 0.4) is 0 Å². The Bertz CT molecular complexity index is 913. The molecule has 2 saturated heterocycles. The van der Waals surface area contributed by atoms with Crippen LogP contribution in [0.4, 0.5) is 13.2 Å². The molecule has 3 unspecified atom stereocenters. The lowest BCUT2D eigenvalue weighted by atomic mass is 9.83. The van der Waals surface area contributed by atoms with Crippen molar-refractivity contribution >= 4 is 21.4 Å². The maximum absolute atomic E-state index is 14.4. The molecular formula is C21H32F3N3O3S2. The minimum atomic E-state index is -3.46. The van der Waals surface area contributed by atoms with Crippen LogP contribution in [0.25, 0.3) is 0 Å². The minimum Gasteiger partial charge on any atom is -0.598 e. The standard InChI is InChI=1S/C21H32F3N3O3S2/c1-21(2,3)31(28)26-20(11-13-10-18(23)19(24)12-17(13)22)14-8-15-4-5-16(9-14)27(15)32(29,30)7-6-25/h10,12,14-16,20,26H,4-9,11,25H2,1-3H3/t14?,15?,16?,20-,31?/m1/s1. The van der Waals surface area contributed by atoms with Crippen molar-refractivity contribution in [1.29, 1.82) is 0 Å². The van der Waals surface area contributed by atoms with Crippen molar-refractivity contribution < 1.29 is 26.1 Å². The molecule has 2 bridgehead atoms. The van der Waals surface area contributed by atoms with E-state index in [4.69, 9.17) is 5.73 Å². The molecule has 0 amide bonds.